The molecule has 0 unspecified atom stereocenters. The zero-order chi connectivity index (χ0) is 24.7. The smallest absolute Gasteiger partial charge is 0.312 e. The number of hydrogen-bond acceptors (Lipinski definition) is 5. The Morgan fingerprint density at radius 1 is 1.03 bits per heavy atom. The molecule has 0 amide bonds. The van der Waals surface area contributed by atoms with Crippen LogP contribution in [0, 0.1) is 44.8 Å². The highest BCUT2D eigenvalue weighted by Crippen LogP contribution is 2.74. The highest BCUT2D eigenvalue weighted by Gasteiger charge is 2.70. The first-order chi connectivity index (χ1) is 15.9. The summed E-state index contributed by atoms with van der Waals surface area (Å²) in [6.45, 7) is 8.74. The third kappa shape index (κ3) is 2.68. The van der Waals surface area contributed by atoms with Crippen LogP contribution in [0.2, 0.25) is 0 Å². The maximum absolute atomic E-state index is 14.1. The minimum absolute atomic E-state index is 0.0377. The fraction of sp³-hybridized carbons (Fsp3) is 0.828. The lowest BCUT2D eigenvalue weighted by atomic mass is 9.34. The van der Waals surface area contributed by atoms with E-state index >= 15 is 0 Å². The number of esters is 1. The first kappa shape index (κ1) is 24.2. The predicted octanol–water partition coefficient (Wildman–Crippen LogP) is 5.05. The monoisotopic (exact) mass is 470 g/mol. The second kappa shape index (κ2) is 7.51. The Labute approximate surface area is 204 Å². The first-order valence-corrected chi connectivity index (χ1v) is 13.4. The van der Waals surface area contributed by atoms with Crippen molar-refractivity contribution in [2.24, 2.45) is 44.8 Å². The quantitative estimate of drug-likeness (QED) is 0.572. The van der Waals surface area contributed by atoms with E-state index in [1.54, 1.807) is 0 Å². The van der Waals surface area contributed by atoms with Crippen molar-refractivity contribution in [1.82, 2.24) is 0 Å². The van der Waals surface area contributed by atoms with E-state index in [-0.39, 0.29) is 58.1 Å². The molecule has 0 radical (unpaired) electrons. The van der Waals surface area contributed by atoms with Gasteiger partial charge in [-0.3, -0.25) is 14.4 Å². The molecule has 5 aliphatic rings. The maximum atomic E-state index is 14.1. The summed E-state index contributed by atoms with van der Waals surface area (Å²) in [6, 6.07) is 0. The Hall–Kier alpha value is -1.49. The second-order valence-corrected chi connectivity index (χ2v) is 13.2. The van der Waals surface area contributed by atoms with Crippen molar-refractivity contribution >= 4 is 17.5 Å². The third-order valence-corrected chi connectivity index (χ3v) is 12.2. The van der Waals surface area contributed by atoms with Gasteiger partial charge in [0.05, 0.1) is 24.5 Å². The summed E-state index contributed by atoms with van der Waals surface area (Å²) in [4.78, 5) is 40.2. The van der Waals surface area contributed by atoms with Gasteiger partial charge in [-0.1, -0.05) is 46.1 Å². The fourth-order valence-corrected chi connectivity index (χ4v) is 10.1. The topological polar surface area (TPSA) is 80.7 Å². The molecule has 4 fully saturated rings. The van der Waals surface area contributed by atoms with Crippen LogP contribution in [-0.2, 0) is 19.1 Å². The van der Waals surface area contributed by atoms with Crippen LogP contribution in [0.1, 0.15) is 91.9 Å². The molecule has 8 atom stereocenters. The summed E-state index contributed by atoms with van der Waals surface area (Å²) in [5.74, 6) is 0.146. The Balaban J connectivity index is 1.64. The maximum Gasteiger partial charge on any atom is 0.312 e. The average Bonchev–Trinajstić information content (AvgIpc) is 2.82. The SMILES string of the molecule is COC(=O)[C@]12CCCC[C@H]1[C@H]1C(=O)C=C3[C@@]4(C)CCC(=O)[C@@](C)(CO)[C@@H]4CC[C@@]3(C)[C@]1(C)CC2. The highest BCUT2D eigenvalue weighted by molar-refractivity contribution is 5.96. The van der Waals surface area contributed by atoms with Crippen LogP contribution in [0.25, 0.3) is 0 Å². The number of methoxy groups -OCH3 is 1. The fourth-order valence-electron chi connectivity index (χ4n) is 10.1. The number of ketones is 2. The molecule has 0 heterocycles. The standard InChI is InChI=1S/C29H42O5/c1-25-12-10-22(32)26(2,17-30)20(25)9-13-27(3)21(25)16-19(31)23-18-8-6-7-11-29(18,24(33)34-5)15-14-28(23,27)4/h16,18,20,23,30H,6-15,17H2,1-5H3/t18-,20+,23-,25-,26-,27+,28+,29-/m0/s1. The molecule has 0 bridgehead atoms. The largest absolute Gasteiger partial charge is 0.469 e. The van der Waals surface area contributed by atoms with E-state index in [1.807, 2.05) is 13.0 Å². The second-order valence-electron chi connectivity index (χ2n) is 13.2. The number of Topliss-reactive ketones (excluding diaryl/α,β-unsaturated/α-hetero) is 1. The molecule has 0 aromatic carbocycles. The molecule has 5 nitrogen and oxygen atoms in total. The summed E-state index contributed by atoms with van der Waals surface area (Å²) in [6.07, 6.45) is 10.4. The van der Waals surface area contributed by atoms with Gasteiger partial charge in [0.25, 0.3) is 0 Å². The minimum Gasteiger partial charge on any atom is -0.469 e. The lowest BCUT2D eigenvalue weighted by molar-refractivity contribution is -0.187. The minimum atomic E-state index is -0.744. The molecular formula is C29H42O5. The van der Waals surface area contributed by atoms with Gasteiger partial charge in [0.15, 0.2) is 5.78 Å². The number of carbonyl (C=O) groups excluding carboxylic acids is 3. The zero-order valence-electron chi connectivity index (χ0n) is 21.7. The number of ether oxygens (including phenoxy) is 1. The average molecular weight is 471 g/mol. The molecule has 5 heteroatoms. The van der Waals surface area contributed by atoms with Crippen molar-refractivity contribution in [3.05, 3.63) is 11.6 Å². The molecule has 5 rings (SSSR count). The van der Waals surface area contributed by atoms with Crippen LogP contribution >= 0.6 is 0 Å². The number of allylic oxidation sites excluding steroid dienone is 2. The zero-order valence-corrected chi connectivity index (χ0v) is 21.7. The Kier molecular flexibility index (Phi) is 5.35. The predicted molar refractivity (Wildman–Crippen MR) is 129 cm³/mol. The molecule has 188 valence electrons. The molecule has 0 aromatic rings. The molecule has 0 aliphatic heterocycles. The molecule has 5 aliphatic carbocycles. The molecule has 0 saturated heterocycles. The summed E-state index contributed by atoms with van der Waals surface area (Å²) in [5, 5.41) is 10.3. The van der Waals surface area contributed by atoms with E-state index in [1.165, 1.54) is 12.7 Å². The molecule has 0 aromatic heterocycles. The number of rotatable bonds is 2. The van der Waals surface area contributed by atoms with Gasteiger partial charge in [-0.2, -0.15) is 0 Å². The van der Waals surface area contributed by atoms with Crippen LogP contribution in [0.4, 0.5) is 0 Å². The van der Waals surface area contributed by atoms with E-state index in [4.69, 9.17) is 4.74 Å². The summed E-state index contributed by atoms with van der Waals surface area (Å²) in [7, 11) is 1.49. The van der Waals surface area contributed by atoms with Gasteiger partial charge in [0.2, 0.25) is 0 Å². The molecule has 1 N–H and O–H groups in total. The van der Waals surface area contributed by atoms with Crippen LogP contribution in [0.5, 0.6) is 0 Å². The van der Waals surface area contributed by atoms with Crippen molar-refractivity contribution in [2.45, 2.75) is 91.9 Å². The van der Waals surface area contributed by atoms with Crippen molar-refractivity contribution in [1.29, 1.82) is 0 Å². The van der Waals surface area contributed by atoms with E-state index in [0.717, 1.165) is 57.8 Å². The molecule has 4 saturated carbocycles. The molecule has 0 spiro atoms. The molecule has 34 heavy (non-hydrogen) atoms. The van der Waals surface area contributed by atoms with Crippen LogP contribution < -0.4 is 0 Å². The van der Waals surface area contributed by atoms with Gasteiger partial charge in [-0.15, -0.1) is 0 Å². The van der Waals surface area contributed by atoms with Crippen LogP contribution in [0.3, 0.4) is 0 Å². The number of fused-ring (bicyclic) bond motifs is 7. The van der Waals surface area contributed by atoms with Crippen molar-refractivity contribution in [3.63, 3.8) is 0 Å². The van der Waals surface area contributed by atoms with Crippen molar-refractivity contribution in [2.75, 3.05) is 13.7 Å². The number of carbonyl (C=O) groups is 3. The highest BCUT2D eigenvalue weighted by atomic mass is 16.5. The summed E-state index contributed by atoms with van der Waals surface area (Å²) < 4.78 is 5.34. The van der Waals surface area contributed by atoms with E-state index in [2.05, 4.69) is 20.8 Å². The first-order valence-electron chi connectivity index (χ1n) is 13.4. The van der Waals surface area contributed by atoms with Gasteiger partial charge in [0, 0.05) is 12.3 Å². The van der Waals surface area contributed by atoms with E-state index in [9.17, 15) is 19.5 Å². The number of aliphatic hydroxyl groups excluding tert-OH is 1. The van der Waals surface area contributed by atoms with Crippen LogP contribution in [-0.4, -0.2) is 36.4 Å². The van der Waals surface area contributed by atoms with Gasteiger partial charge in [0.1, 0.15) is 5.78 Å². The number of hydrogen-bond donors (Lipinski definition) is 1. The van der Waals surface area contributed by atoms with E-state index < -0.39 is 10.8 Å². The summed E-state index contributed by atoms with van der Waals surface area (Å²) >= 11 is 0. The van der Waals surface area contributed by atoms with E-state index in [0.29, 0.717) is 6.42 Å². The van der Waals surface area contributed by atoms with Crippen LogP contribution in [0.15, 0.2) is 11.6 Å². The normalized spacial score (nSPS) is 50.3. The van der Waals surface area contributed by atoms with Gasteiger partial charge >= 0.3 is 5.97 Å². The Morgan fingerprint density at radius 2 is 1.76 bits per heavy atom. The van der Waals surface area contributed by atoms with Crippen molar-refractivity contribution < 1.29 is 24.2 Å². The lowest BCUT2D eigenvalue weighted by Gasteiger charge is -2.69. The van der Waals surface area contributed by atoms with Crippen molar-refractivity contribution in [3.8, 4) is 0 Å². The lowest BCUT2D eigenvalue weighted by Crippen LogP contribution is -2.66. The van der Waals surface area contributed by atoms with Gasteiger partial charge in [-0.05, 0) is 79.1 Å². The van der Waals surface area contributed by atoms with Gasteiger partial charge in [-0.25, -0.2) is 0 Å². The Morgan fingerprint density at radius 3 is 2.44 bits per heavy atom. The van der Waals surface area contributed by atoms with Gasteiger partial charge < -0.3 is 9.84 Å². The molecular weight excluding hydrogens is 428 g/mol. The Bertz CT molecular complexity index is 968. The third-order valence-electron chi connectivity index (χ3n) is 12.2. The number of aliphatic hydroxyl groups is 1. The summed E-state index contributed by atoms with van der Waals surface area (Å²) in [5.41, 5.74) is -0.709.